The van der Waals surface area contributed by atoms with Gasteiger partial charge in [-0.1, -0.05) is 6.08 Å². The molecule has 0 heterocycles. The summed E-state index contributed by atoms with van der Waals surface area (Å²) in [5.74, 6) is 0. The highest BCUT2D eigenvalue weighted by Gasteiger charge is 2.10. The van der Waals surface area contributed by atoms with Crippen molar-refractivity contribution in [2.24, 2.45) is 0 Å². The Morgan fingerprint density at radius 1 is 1.86 bits per heavy atom. The molecule has 1 aliphatic rings. The number of hydrogen-bond donors (Lipinski definition) is 0. The van der Waals surface area contributed by atoms with Crippen LogP contribution >= 0.6 is 11.6 Å². The fraction of sp³-hybridized carbons (Fsp3) is 0.400. The summed E-state index contributed by atoms with van der Waals surface area (Å²) in [5.41, 5.74) is 0.779. The molecule has 1 nitrogen and oxygen atoms in total. The van der Waals surface area contributed by atoms with Crippen LogP contribution in [0.25, 0.3) is 0 Å². The molecule has 0 saturated carbocycles. The highest BCUT2D eigenvalue weighted by molar-refractivity contribution is 6.67. The van der Waals surface area contributed by atoms with Gasteiger partial charge >= 0.3 is 0 Å². The lowest BCUT2D eigenvalue weighted by Crippen LogP contribution is -2.00. The molecular weight excluding hydrogens is 112 g/mol. The Kier molecular flexibility index (Phi) is 1.15. The molecule has 0 amide bonds. The van der Waals surface area contributed by atoms with Gasteiger partial charge in [-0.15, -0.1) is 0 Å². The van der Waals surface area contributed by atoms with E-state index in [-0.39, 0.29) is 5.24 Å². The molecule has 0 bridgehead atoms. The van der Waals surface area contributed by atoms with Gasteiger partial charge in [0.05, 0.1) is 0 Å². The van der Waals surface area contributed by atoms with Gasteiger partial charge in [-0.25, -0.2) is 0 Å². The molecule has 38 valence electrons. The zero-order valence-electron chi connectivity index (χ0n) is 3.78. The standard InChI is InChI=1S/C5H5ClO/c6-5(7)4-2-1-3-4/h2H,1,3H2. The maximum Gasteiger partial charge on any atom is 0.248 e. The Hall–Kier alpha value is -0.300. The van der Waals surface area contributed by atoms with Crippen LogP contribution in [0.1, 0.15) is 12.8 Å². The van der Waals surface area contributed by atoms with Gasteiger partial charge in [0.1, 0.15) is 0 Å². The van der Waals surface area contributed by atoms with Gasteiger partial charge in [0.25, 0.3) is 0 Å². The normalized spacial score (nSPS) is 17.6. The smallest absolute Gasteiger partial charge is 0.248 e. The van der Waals surface area contributed by atoms with Crippen LogP contribution < -0.4 is 0 Å². The van der Waals surface area contributed by atoms with Gasteiger partial charge in [-0.3, -0.25) is 4.79 Å². The predicted octanol–water partition coefficient (Wildman–Crippen LogP) is 1.47. The van der Waals surface area contributed by atoms with Gasteiger partial charge in [0.2, 0.25) is 5.24 Å². The molecule has 0 aliphatic heterocycles. The van der Waals surface area contributed by atoms with Crippen LogP contribution in [-0.4, -0.2) is 5.24 Å². The molecule has 0 radical (unpaired) electrons. The van der Waals surface area contributed by atoms with Gasteiger partial charge in [-0.2, -0.15) is 0 Å². The number of allylic oxidation sites excluding steroid dienone is 2. The second-order valence-corrected chi connectivity index (χ2v) is 1.89. The topological polar surface area (TPSA) is 17.1 Å². The largest absolute Gasteiger partial charge is 0.276 e. The molecule has 1 aliphatic carbocycles. The van der Waals surface area contributed by atoms with E-state index in [1.165, 1.54) is 0 Å². The fourth-order valence-electron chi connectivity index (χ4n) is 0.467. The maximum absolute atomic E-state index is 10.1. The first-order chi connectivity index (χ1) is 3.30. The minimum atomic E-state index is -0.286. The lowest BCUT2D eigenvalue weighted by atomic mass is 10.0. The molecule has 0 aromatic rings. The Morgan fingerprint density at radius 3 is 2.43 bits per heavy atom. The summed E-state index contributed by atoms with van der Waals surface area (Å²) in [5, 5.41) is -0.286. The van der Waals surface area contributed by atoms with Crippen molar-refractivity contribution in [1.29, 1.82) is 0 Å². The quantitative estimate of drug-likeness (QED) is 0.474. The average molecular weight is 117 g/mol. The number of carbonyl (C=O) groups excluding carboxylic acids is 1. The van der Waals surface area contributed by atoms with Crippen LogP contribution in [0.15, 0.2) is 11.6 Å². The summed E-state index contributed by atoms with van der Waals surface area (Å²) < 4.78 is 0. The van der Waals surface area contributed by atoms with E-state index in [0.717, 1.165) is 18.4 Å². The lowest BCUT2D eigenvalue weighted by Gasteiger charge is -2.06. The lowest BCUT2D eigenvalue weighted by molar-refractivity contribution is -0.108. The zero-order chi connectivity index (χ0) is 5.28. The van der Waals surface area contributed by atoms with Crippen LogP contribution in [0.4, 0.5) is 0 Å². The second-order valence-electron chi connectivity index (χ2n) is 1.54. The van der Waals surface area contributed by atoms with E-state index in [4.69, 9.17) is 11.6 Å². The van der Waals surface area contributed by atoms with Crippen molar-refractivity contribution >= 4 is 16.8 Å². The number of carbonyl (C=O) groups is 1. The SMILES string of the molecule is O=C(Cl)C1=CCC1. The first-order valence-electron chi connectivity index (χ1n) is 2.19. The average Bonchev–Trinajstić information content (AvgIpc) is 1.23. The Labute approximate surface area is 47.0 Å². The minimum Gasteiger partial charge on any atom is -0.276 e. The van der Waals surface area contributed by atoms with Gasteiger partial charge < -0.3 is 0 Å². The van der Waals surface area contributed by atoms with Crippen LogP contribution in [-0.2, 0) is 4.79 Å². The summed E-state index contributed by atoms with van der Waals surface area (Å²) in [4.78, 5) is 10.1. The Bertz CT molecular complexity index is 126. The fourth-order valence-corrected chi connectivity index (χ4v) is 0.639. The van der Waals surface area contributed by atoms with E-state index in [1.807, 2.05) is 6.08 Å². The Morgan fingerprint density at radius 2 is 2.43 bits per heavy atom. The molecule has 0 saturated heterocycles. The van der Waals surface area contributed by atoms with Crippen molar-refractivity contribution in [3.8, 4) is 0 Å². The van der Waals surface area contributed by atoms with E-state index >= 15 is 0 Å². The van der Waals surface area contributed by atoms with Crippen molar-refractivity contribution in [3.05, 3.63) is 11.6 Å². The first kappa shape index (κ1) is 4.85. The molecule has 0 aromatic heterocycles. The number of hydrogen-bond acceptors (Lipinski definition) is 1. The maximum atomic E-state index is 10.1. The van der Waals surface area contributed by atoms with Crippen LogP contribution in [0.2, 0.25) is 0 Å². The van der Waals surface area contributed by atoms with E-state index in [9.17, 15) is 4.79 Å². The number of halogens is 1. The summed E-state index contributed by atoms with van der Waals surface area (Å²) in [6.45, 7) is 0. The summed E-state index contributed by atoms with van der Waals surface area (Å²) in [7, 11) is 0. The number of rotatable bonds is 1. The molecule has 2 heteroatoms. The molecule has 1 rings (SSSR count). The monoisotopic (exact) mass is 116 g/mol. The second kappa shape index (κ2) is 1.66. The third kappa shape index (κ3) is 0.829. The van der Waals surface area contributed by atoms with Crippen molar-refractivity contribution in [3.63, 3.8) is 0 Å². The van der Waals surface area contributed by atoms with Crippen LogP contribution in [0.3, 0.4) is 0 Å². The van der Waals surface area contributed by atoms with E-state index in [2.05, 4.69) is 0 Å². The molecule has 0 fully saturated rings. The van der Waals surface area contributed by atoms with Crippen molar-refractivity contribution in [1.82, 2.24) is 0 Å². The van der Waals surface area contributed by atoms with E-state index < -0.39 is 0 Å². The summed E-state index contributed by atoms with van der Waals surface area (Å²) in [6.07, 6.45) is 3.76. The summed E-state index contributed by atoms with van der Waals surface area (Å²) >= 11 is 5.07. The first-order valence-corrected chi connectivity index (χ1v) is 2.57. The molecule has 0 atom stereocenters. The molecular formula is C5H5ClO. The van der Waals surface area contributed by atoms with Gasteiger partial charge in [0, 0.05) is 5.57 Å². The Balaban J connectivity index is 2.57. The van der Waals surface area contributed by atoms with Crippen molar-refractivity contribution in [2.75, 3.05) is 0 Å². The van der Waals surface area contributed by atoms with Crippen LogP contribution in [0, 0.1) is 0 Å². The van der Waals surface area contributed by atoms with E-state index in [1.54, 1.807) is 0 Å². The third-order valence-electron chi connectivity index (χ3n) is 1.06. The zero-order valence-corrected chi connectivity index (χ0v) is 4.53. The molecule has 0 spiro atoms. The highest BCUT2D eigenvalue weighted by Crippen LogP contribution is 2.19. The van der Waals surface area contributed by atoms with E-state index in [0.29, 0.717) is 0 Å². The van der Waals surface area contributed by atoms with Gasteiger partial charge in [0.15, 0.2) is 0 Å². The molecule has 0 N–H and O–H groups in total. The molecule has 0 unspecified atom stereocenters. The van der Waals surface area contributed by atoms with Crippen LogP contribution in [0.5, 0.6) is 0 Å². The summed E-state index contributed by atoms with van der Waals surface area (Å²) in [6, 6.07) is 0. The third-order valence-corrected chi connectivity index (χ3v) is 1.30. The minimum absolute atomic E-state index is 0.286. The van der Waals surface area contributed by atoms with Crippen molar-refractivity contribution < 1.29 is 4.79 Å². The highest BCUT2D eigenvalue weighted by atomic mass is 35.5. The van der Waals surface area contributed by atoms with Gasteiger partial charge in [-0.05, 0) is 24.4 Å². The van der Waals surface area contributed by atoms with Crippen molar-refractivity contribution in [2.45, 2.75) is 12.8 Å². The molecule has 7 heavy (non-hydrogen) atoms. The predicted molar refractivity (Wildman–Crippen MR) is 28.2 cm³/mol. The molecule has 0 aromatic carbocycles.